The van der Waals surface area contributed by atoms with Gasteiger partial charge >= 0.3 is 0 Å². The lowest BCUT2D eigenvalue weighted by atomic mass is 9.96. The van der Waals surface area contributed by atoms with Crippen molar-refractivity contribution >= 4 is 40.3 Å². The van der Waals surface area contributed by atoms with E-state index in [0.717, 1.165) is 52.8 Å². The van der Waals surface area contributed by atoms with Gasteiger partial charge in [-0.3, -0.25) is 9.78 Å². The second kappa shape index (κ2) is 13.0. The molecule has 1 saturated heterocycles. The van der Waals surface area contributed by atoms with Gasteiger partial charge in [0.25, 0.3) is 0 Å². The summed E-state index contributed by atoms with van der Waals surface area (Å²) in [5, 5.41) is 7.13. The largest absolute Gasteiger partial charge is 0.375 e. The number of hydrogen-bond donors (Lipinski definition) is 2. The summed E-state index contributed by atoms with van der Waals surface area (Å²) < 4.78 is 7.29. The molecule has 9 heteroatoms. The van der Waals surface area contributed by atoms with Crippen molar-refractivity contribution in [3.05, 3.63) is 101 Å². The summed E-state index contributed by atoms with van der Waals surface area (Å²) in [7, 11) is 1.51. The van der Waals surface area contributed by atoms with Crippen molar-refractivity contribution < 1.29 is 9.53 Å². The molecule has 1 fully saturated rings. The Kier molecular flexibility index (Phi) is 9.13. The van der Waals surface area contributed by atoms with Gasteiger partial charge in [0.05, 0.1) is 17.8 Å². The Hall–Kier alpha value is -4.21. The molecule has 2 aromatic heterocycles. The fraction of sp³-hybridized carbons (Fsp3) is 0.324. The first-order valence-corrected chi connectivity index (χ1v) is 15.1. The molecule has 8 nitrogen and oxygen atoms in total. The minimum atomic E-state index is -0.192. The number of thiocarbonyl (C=S) groups is 1. The Balaban J connectivity index is 1.57. The summed E-state index contributed by atoms with van der Waals surface area (Å²) in [6.45, 7) is 12.6. The van der Waals surface area contributed by atoms with E-state index in [0.29, 0.717) is 5.11 Å². The zero-order valence-corrected chi connectivity index (χ0v) is 26.5. The van der Waals surface area contributed by atoms with Crippen LogP contribution in [0.2, 0.25) is 0 Å². The molecule has 5 rings (SSSR count). The fourth-order valence-electron chi connectivity index (χ4n) is 6.09. The summed E-state index contributed by atoms with van der Waals surface area (Å²) in [6.07, 6.45) is 1.82. The SMILES string of the molecule is CCN(CC)c1ccc(-n2c(C)cc([C@H]3[C@@H](c4ccccn4)NC(=S)N3c3ccc(NC(=O)COC)c(C)c3)c2C)cc1. The van der Waals surface area contributed by atoms with Gasteiger partial charge in [-0.05, 0) is 119 Å². The molecule has 43 heavy (non-hydrogen) atoms. The number of rotatable bonds is 10. The second-order valence-electron chi connectivity index (χ2n) is 10.8. The second-order valence-corrected chi connectivity index (χ2v) is 11.2. The van der Waals surface area contributed by atoms with E-state index in [1.54, 1.807) is 0 Å². The maximum absolute atomic E-state index is 12.2. The number of carbonyl (C=O) groups is 1. The quantitative estimate of drug-likeness (QED) is 0.205. The van der Waals surface area contributed by atoms with Crippen LogP contribution in [-0.2, 0) is 9.53 Å². The Labute approximate surface area is 259 Å². The summed E-state index contributed by atoms with van der Waals surface area (Å²) in [4.78, 5) is 21.4. The van der Waals surface area contributed by atoms with Crippen LogP contribution < -0.4 is 20.4 Å². The monoisotopic (exact) mass is 596 g/mol. The van der Waals surface area contributed by atoms with Crippen molar-refractivity contribution in [3.8, 4) is 5.69 Å². The average Bonchev–Trinajstić information content (AvgIpc) is 3.50. The van der Waals surface area contributed by atoms with Crippen LogP contribution in [0.15, 0.2) is 72.9 Å². The Bertz CT molecular complexity index is 1600. The van der Waals surface area contributed by atoms with Crippen molar-refractivity contribution in [1.82, 2.24) is 14.9 Å². The van der Waals surface area contributed by atoms with Gasteiger partial charge in [0.15, 0.2) is 5.11 Å². The van der Waals surface area contributed by atoms with Crippen molar-refractivity contribution in [1.29, 1.82) is 0 Å². The van der Waals surface area contributed by atoms with Crippen molar-refractivity contribution in [3.63, 3.8) is 0 Å². The molecule has 0 unspecified atom stereocenters. The zero-order chi connectivity index (χ0) is 30.7. The highest BCUT2D eigenvalue weighted by molar-refractivity contribution is 7.80. The van der Waals surface area contributed by atoms with Crippen LogP contribution in [0.1, 0.15) is 54.1 Å². The number of nitrogens with zero attached hydrogens (tertiary/aromatic N) is 4. The van der Waals surface area contributed by atoms with E-state index in [1.807, 2.05) is 43.5 Å². The van der Waals surface area contributed by atoms with Crippen LogP contribution in [0.4, 0.5) is 17.1 Å². The lowest BCUT2D eigenvalue weighted by Gasteiger charge is -2.29. The summed E-state index contributed by atoms with van der Waals surface area (Å²) >= 11 is 5.98. The number of amides is 1. The summed E-state index contributed by atoms with van der Waals surface area (Å²) in [6, 6.07) is 22.7. The molecular weight excluding hydrogens is 556 g/mol. The summed E-state index contributed by atoms with van der Waals surface area (Å²) in [5.74, 6) is -0.192. The number of aryl methyl sites for hydroxylation is 2. The van der Waals surface area contributed by atoms with Crippen molar-refractivity contribution in [2.24, 2.45) is 0 Å². The van der Waals surface area contributed by atoms with Crippen molar-refractivity contribution in [2.75, 3.05) is 41.9 Å². The number of pyridine rings is 1. The normalized spacial score (nSPS) is 16.3. The molecule has 3 heterocycles. The topological polar surface area (TPSA) is 74.7 Å². The van der Waals surface area contributed by atoms with Crippen LogP contribution in [0, 0.1) is 20.8 Å². The molecule has 0 radical (unpaired) electrons. The molecule has 0 aliphatic carbocycles. The number of methoxy groups -OCH3 is 1. The predicted molar refractivity (Wildman–Crippen MR) is 178 cm³/mol. The van der Waals surface area contributed by atoms with E-state index in [2.05, 4.69) is 89.1 Å². The van der Waals surface area contributed by atoms with Crippen LogP contribution in [0.25, 0.3) is 5.69 Å². The number of ether oxygens (including phenoxy) is 1. The third-order valence-electron chi connectivity index (χ3n) is 8.16. The summed E-state index contributed by atoms with van der Waals surface area (Å²) in [5.41, 5.74) is 9.35. The molecule has 1 aliphatic rings. The lowest BCUT2D eigenvalue weighted by molar-refractivity contribution is -0.119. The third-order valence-corrected chi connectivity index (χ3v) is 8.48. The zero-order valence-electron chi connectivity index (χ0n) is 25.7. The molecule has 1 aliphatic heterocycles. The maximum atomic E-state index is 12.2. The van der Waals surface area contributed by atoms with E-state index < -0.39 is 0 Å². The molecule has 2 atom stereocenters. The molecule has 2 N–H and O–H groups in total. The third kappa shape index (κ3) is 6.00. The number of nitrogens with one attached hydrogen (secondary N) is 2. The van der Waals surface area contributed by atoms with Crippen molar-refractivity contribution in [2.45, 2.75) is 46.7 Å². The molecule has 2 aromatic carbocycles. The van der Waals surface area contributed by atoms with Crippen LogP contribution in [0.3, 0.4) is 0 Å². The molecule has 0 saturated carbocycles. The Morgan fingerprint density at radius 2 is 1.74 bits per heavy atom. The molecule has 4 aromatic rings. The highest BCUT2D eigenvalue weighted by Crippen LogP contribution is 2.44. The molecular formula is C34H40N6O2S. The van der Waals surface area contributed by atoms with Crippen LogP contribution in [-0.4, -0.2) is 47.4 Å². The van der Waals surface area contributed by atoms with Crippen LogP contribution in [0.5, 0.6) is 0 Å². The minimum absolute atomic E-state index is 0.00294. The van der Waals surface area contributed by atoms with Gasteiger partial charge in [0.1, 0.15) is 6.61 Å². The Morgan fingerprint density at radius 1 is 1.02 bits per heavy atom. The highest BCUT2D eigenvalue weighted by Gasteiger charge is 2.42. The molecule has 1 amide bonds. The smallest absolute Gasteiger partial charge is 0.250 e. The number of hydrogen-bond acceptors (Lipinski definition) is 5. The molecule has 0 bridgehead atoms. The van der Waals surface area contributed by atoms with E-state index in [1.165, 1.54) is 18.4 Å². The van der Waals surface area contributed by atoms with Crippen LogP contribution >= 0.6 is 12.2 Å². The van der Waals surface area contributed by atoms with Gasteiger partial charge in [-0.25, -0.2) is 0 Å². The van der Waals surface area contributed by atoms with E-state index in [4.69, 9.17) is 21.9 Å². The van der Waals surface area contributed by atoms with E-state index >= 15 is 0 Å². The minimum Gasteiger partial charge on any atom is -0.375 e. The van der Waals surface area contributed by atoms with Gasteiger partial charge in [-0.15, -0.1) is 0 Å². The van der Waals surface area contributed by atoms with Gasteiger partial charge in [0, 0.05) is 60.5 Å². The van der Waals surface area contributed by atoms with Gasteiger partial charge in [-0.2, -0.15) is 0 Å². The number of anilines is 3. The molecule has 224 valence electrons. The fourth-order valence-corrected chi connectivity index (χ4v) is 6.44. The first kappa shape index (κ1) is 30.3. The molecule has 0 spiro atoms. The average molecular weight is 597 g/mol. The first-order valence-electron chi connectivity index (χ1n) is 14.7. The lowest BCUT2D eigenvalue weighted by Crippen LogP contribution is -2.29. The van der Waals surface area contributed by atoms with E-state index in [9.17, 15) is 4.79 Å². The predicted octanol–water partition coefficient (Wildman–Crippen LogP) is 6.41. The van der Waals surface area contributed by atoms with E-state index in [-0.39, 0.29) is 24.6 Å². The number of carbonyl (C=O) groups excluding carboxylic acids is 1. The number of aromatic nitrogens is 2. The number of benzene rings is 2. The van der Waals surface area contributed by atoms with Gasteiger partial charge < -0.3 is 29.7 Å². The van der Waals surface area contributed by atoms with Gasteiger partial charge in [-0.1, -0.05) is 6.07 Å². The standard InChI is InChI=1S/C34H40N6O2S/c1-7-38(8-2)25-12-14-26(15-13-25)39-23(4)20-28(24(39)5)33-32(30-11-9-10-18-35-30)37-34(43)40(33)27-16-17-29(22(3)19-27)36-31(41)21-42-6/h9-20,32-33H,7-8,21H2,1-6H3,(H,36,41)(H,37,43)/t32-,33+/m1/s1. The first-order chi connectivity index (χ1) is 20.8. The van der Waals surface area contributed by atoms with Gasteiger partial charge in [0.2, 0.25) is 5.91 Å². The highest BCUT2D eigenvalue weighted by atomic mass is 32.1. The Morgan fingerprint density at radius 3 is 2.37 bits per heavy atom. The maximum Gasteiger partial charge on any atom is 0.250 e.